The summed E-state index contributed by atoms with van der Waals surface area (Å²) in [5, 5.41) is 0.962. The summed E-state index contributed by atoms with van der Waals surface area (Å²) in [6.07, 6.45) is 1.36. The molecule has 6 rings (SSSR count). The number of piperazine rings is 1. The van der Waals surface area contributed by atoms with E-state index in [0.717, 1.165) is 51.3 Å². The third-order valence-corrected chi connectivity index (χ3v) is 10.2. The molecule has 42 heavy (non-hydrogen) atoms. The standard InChI is InChI=1S/C31H35ClFN5O3S/c1-5-26(39)38-19(3)14-36(15-20(38)4)30-23-12-18(2)27(21-6-7-25(33)24(32)13-21)29-28(23)37(31(40)34-30)16-22(17-42-29)35-8-10-41-11-9-35/h5-7,12-13,19-20,22H,1,8-11,14-17H2,2-4H3/t19-,20+,22-/m1/s1. The number of thioether (sulfide) groups is 1. The van der Waals surface area contributed by atoms with Crippen LogP contribution in [0.2, 0.25) is 5.02 Å². The summed E-state index contributed by atoms with van der Waals surface area (Å²) in [6, 6.07) is 6.85. The molecule has 0 spiro atoms. The van der Waals surface area contributed by atoms with Crippen LogP contribution in [0.1, 0.15) is 19.4 Å². The predicted molar refractivity (Wildman–Crippen MR) is 166 cm³/mol. The van der Waals surface area contributed by atoms with Crippen molar-refractivity contribution < 1.29 is 13.9 Å². The van der Waals surface area contributed by atoms with Crippen LogP contribution in [0.3, 0.4) is 0 Å². The molecule has 2 aromatic carbocycles. The molecule has 3 atom stereocenters. The fraction of sp³-hybridized carbons (Fsp3) is 0.452. The lowest BCUT2D eigenvalue weighted by Crippen LogP contribution is -2.58. The summed E-state index contributed by atoms with van der Waals surface area (Å²) in [4.78, 5) is 38.6. The molecule has 0 radical (unpaired) electrons. The molecule has 0 unspecified atom stereocenters. The van der Waals surface area contributed by atoms with Crippen LogP contribution in [0, 0.1) is 12.7 Å². The van der Waals surface area contributed by atoms with Crippen molar-refractivity contribution in [2.75, 3.05) is 50.0 Å². The van der Waals surface area contributed by atoms with E-state index >= 15 is 0 Å². The fourth-order valence-electron chi connectivity index (χ4n) is 6.73. The van der Waals surface area contributed by atoms with Crippen LogP contribution in [0.4, 0.5) is 10.2 Å². The summed E-state index contributed by atoms with van der Waals surface area (Å²) < 4.78 is 21.6. The number of aromatic nitrogens is 2. The summed E-state index contributed by atoms with van der Waals surface area (Å²) in [7, 11) is 0. The first kappa shape index (κ1) is 29.2. The lowest BCUT2D eigenvalue weighted by atomic mass is 9.97. The Hall–Kier alpha value is -2.92. The van der Waals surface area contributed by atoms with Gasteiger partial charge in [-0.1, -0.05) is 24.2 Å². The quantitative estimate of drug-likeness (QED) is 0.400. The van der Waals surface area contributed by atoms with Crippen LogP contribution in [-0.4, -0.2) is 88.5 Å². The molecule has 3 aromatic rings. The Morgan fingerprint density at radius 2 is 1.88 bits per heavy atom. The van der Waals surface area contributed by atoms with Crippen molar-refractivity contribution in [1.82, 2.24) is 19.4 Å². The molecule has 0 saturated carbocycles. The van der Waals surface area contributed by atoms with Gasteiger partial charge in [0.25, 0.3) is 0 Å². The van der Waals surface area contributed by atoms with Crippen LogP contribution >= 0.6 is 23.4 Å². The smallest absolute Gasteiger partial charge is 0.350 e. The number of morpholine rings is 1. The molecule has 4 heterocycles. The van der Waals surface area contributed by atoms with Crippen molar-refractivity contribution in [3.05, 3.63) is 63.8 Å². The number of benzene rings is 2. The first-order chi connectivity index (χ1) is 20.2. The normalized spacial score (nSPS) is 23.2. The van der Waals surface area contributed by atoms with E-state index in [1.165, 1.54) is 12.1 Å². The number of ether oxygens (including phenoxy) is 1. The van der Waals surface area contributed by atoms with Gasteiger partial charge in [0.1, 0.15) is 11.6 Å². The van der Waals surface area contributed by atoms with Gasteiger partial charge in [0.05, 0.1) is 23.8 Å². The summed E-state index contributed by atoms with van der Waals surface area (Å²) >= 11 is 7.98. The number of carbonyl (C=O) groups excluding carboxylic acids is 1. The number of hydrogen-bond donors (Lipinski definition) is 0. The van der Waals surface area contributed by atoms with E-state index in [4.69, 9.17) is 21.3 Å². The van der Waals surface area contributed by atoms with E-state index < -0.39 is 5.82 Å². The molecule has 3 aliphatic rings. The number of aryl methyl sites for hydroxylation is 1. The van der Waals surface area contributed by atoms with Gasteiger partial charge < -0.3 is 14.5 Å². The maximum atomic E-state index is 14.2. The van der Waals surface area contributed by atoms with Crippen molar-refractivity contribution in [1.29, 1.82) is 0 Å². The van der Waals surface area contributed by atoms with Gasteiger partial charge in [-0.2, -0.15) is 4.98 Å². The number of carbonyl (C=O) groups is 1. The number of halogens is 2. The Kier molecular flexibility index (Phi) is 8.08. The van der Waals surface area contributed by atoms with E-state index in [0.29, 0.717) is 38.7 Å². The molecule has 2 fully saturated rings. The van der Waals surface area contributed by atoms with E-state index in [1.54, 1.807) is 23.9 Å². The van der Waals surface area contributed by atoms with Gasteiger partial charge >= 0.3 is 5.69 Å². The second-order valence-electron chi connectivity index (χ2n) is 11.4. The summed E-state index contributed by atoms with van der Waals surface area (Å²) in [5.41, 5.74) is 3.30. The molecule has 0 N–H and O–H groups in total. The highest BCUT2D eigenvalue weighted by Gasteiger charge is 2.35. The lowest BCUT2D eigenvalue weighted by molar-refractivity contribution is -0.130. The highest BCUT2D eigenvalue weighted by molar-refractivity contribution is 7.99. The van der Waals surface area contributed by atoms with E-state index in [9.17, 15) is 14.0 Å². The van der Waals surface area contributed by atoms with Crippen LogP contribution in [0.15, 0.2) is 46.6 Å². The molecule has 1 amide bonds. The minimum absolute atomic E-state index is 0.0618. The van der Waals surface area contributed by atoms with Gasteiger partial charge in [0, 0.05) is 72.4 Å². The SMILES string of the molecule is C=CC(=O)N1[C@H](C)CN(c2nc(=O)n3c4c(c(-c5ccc(F)c(Cl)c5)c(C)cc24)SC[C@H](N2CCOCC2)C3)C[C@@H]1C. The van der Waals surface area contributed by atoms with Crippen LogP contribution < -0.4 is 10.6 Å². The van der Waals surface area contributed by atoms with Gasteiger partial charge in [0.2, 0.25) is 5.91 Å². The van der Waals surface area contributed by atoms with Crippen LogP contribution in [-0.2, 0) is 16.1 Å². The molecule has 11 heteroatoms. The van der Waals surface area contributed by atoms with Crippen molar-refractivity contribution in [2.45, 2.75) is 50.3 Å². The van der Waals surface area contributed by atoms with Gasteiger partial charge in [-0.25, -0.2) is 9.18 Å². The molecule has 1 aromatic heterocycles. The molecular formula is C31H35ClFN5O3S. The maximum absolute atomic E-state index is 14.2. The van der Waals surface area contributed by atoms with Gasteiger partial charge in [0.15, 0.2) is 0 Å². The molecule has 2 saturated heterocycles. The Morgan fingerprint density at radius 1 is 1.17 bits per heavy atom. The van der Waals surface area contributed by atoms with Gasteiger partial charge in [-0.05, 0) is 56.2 Å². The zero-order valence-corrected chi connectivity index (χ0v) is 25.7. The minimum Gasteiger partial charge on any atom is -0.379 e. The third-order valence-electron chi connectivity index (χ3n) is 8.63. The van der Waals surface area contributed by atoms with Crippen molar-refractivity contribution in [3.63, 3.8) is 0 Å². The minimum atomic E-state index is -0.467. The fourth-order valence-corrected chi connectivity index (χ4v) is 8.36. The highest BCUT2D eigenvalue weighted by Crippen LogP contribution is 2.44. The Bertz CT molecular complexity index is 1610. The average molecular weight is 612 g/mol. The molecule has 0 aliphatic carbocycles. The van der Waals surface area contributed by atoms with E-state index in [-0.39, 0.29) is 34.7 Å². The first-order valence-electron chi connectivity index (χ1n) is 14.4. The van der Waals surface area contributed by atoms with Crippen molar-refractivity contribution in [3.8, 4) is 11.1 Å². The van der Waals surface area contributed by atoms with E-state index in [1.807, 2.05) is 30.2 Å². The Labute approximate surface area is 254 Å². The Morgan fingerprint density at radius 3 is 2.55 bits per heavy atom. The second kappa shape index (κ2) is 11.6. The van der Waals surface area contributed by atoms with Gasteiger partial charge in [-0.15, -0.1) is 11.8 Å². The number of anilines is 1. The predicted octanol–water partition coefficient (Wildman–Crippen LogP) is 4.58. The van der Waals surface area contributed by atoms with Crippen LogP contribution in [0.25, 0.3) is 22.0 Å². The number of amides is 1. The summed E-state index contributed by atoms with van der Waals surface area (Å²) in [5.74, 6) is 0.854. The third kappa shape index (κ3) is 5.12. The Balaban J connectivity index is 1.53. The number of nitrogens with zero attached hydrogens (tertiary/aromatic N) is 5. The van der Waals surface area contributed by atoms with Crippen LogP contribution in [0.5, 0.6) is 0 Å². The monoisotopic (exact) mass is 611 g/mol. The zero-order chi connectivity index (χ0) is 29.7. The molecular weight excluding hydrogens is 577 g/mol. The number of rotatable bonds is 4. The summed E-state index contributed by atoms with van der Waals surface area (Å²) in [6.45, 7) is 14.3. The van der Waals surface area contributed by atoms with E-state index in [2.05, 4.69) is 22.4 Å². The lowest BCUT2D eigenvalue weighted by Gasteiger charge is -2.44. The molecule has 8 nitrogen and oxygen atoms in total. The average Bonchev–Trinajstić information content (AvgIpc) is 3.17. The topological polar surface area (TPSA) is 70.9 Å². The first-order valence-corrected chi connectivity index (χ1v) is 15.7. The van der Waals surface area contributed by atoms with Crippen molar-refractivity contribution in [2.24, 2.45) is 0 Å². The van der Waals surface area contributed by atoms with Gasteiger partial charge in [-0.3, -0.25) is 14.3 Å². The number of hydrogen-bond acceptors (Lipinski definition) is 7. The largest absolute Gasteiger partial charge is 0.379 e. The highest BCUT2D eigenvalue weighted by atomic mass is 35.5. The second-order valence-corrected chi connectivity index (χ2v) is 12.9. The zero-order valence-electron chi connectivity index (χ0n) is 24.1. The van der Waals surface area contributed by atoms with Crippen molar-refractivity contribution >= 4 is 46.0 Å². The maximum Gasteiger partial charge on any atom is 0.350 e. The molecule has 222 valence electrons. The molecule has 0 bridgehead atoms. The molecule has 3 aliphatic heterocycles.